The van der Waals surface area contributed by atoms with Crippen molar-refractivity contribution < 1.29 is 9.59 Å². The molecule has 1 saturated heterocycles. The second kappa shape index (κ2) is 6.18. The van der Waals surface area contributed by atoms with E-state index in [-0.39, 0.29) is 23.4 Å². The molecular weight excluding hydrogens is 230 g/mol. The number of nitrogens with zero attached hydrogens (tertiary/aromatic N) is 1. The van der Waals surface area contributed by atoms with Gasteiger partial charge in [0.25, 0.3) is 0 Å². The van der Waals surface area contributed by atoms with Crippen LogP contribution in [0.2, 0.25) is 0 Å². The lowest BCUT2D eigenvalue weighted by Crippen LogP contribution is -2.49. The van der Waals surface area contributed by atoms with Crippen molar-refractivity contribution in [1.29, 1.82) is 0 Å². The third kappa shape index (κ3) is 5.49. The van der Waals surface area contributed by atoms with Gasteiger partial charge in [-0.1, -0.05) is 0 Å². The second-order valence-corrected chi connectivity index (χ2v) is 5.87. The number of likely N-dealkylation sites (tertiary alicyclic amines) is 1. The molecule has 1 rings (SSSR count). The van der Waals surface area contributed by atoms with Crippen LogP contribution in [0.1, 0.15) is 46.5 Å². The largest absolute Gasteiger partial charge is 0.352 e. The number of nitrogens with one attached hydrogen (secondary N) is 1. The molecule has 0 bridgehead atoms. The molecule has 3 N–H and O–H groups in total. The third-order valence-electron chi connectivity index (χ3n) is 3.16. The van der Waals surface area contributed by atoms with Crippen LogP contribution in [-0.4, -0.2) is 41.4 Å². The maximum absolute atomic E-state index is 12.0. The molecule has 0 aromatic heterocycles. The van der Waals surface area contributed by atoms with E-state index in [0.29, 0.717) is 19.4 Å². The Kier molecular flexibility index (Phi) is 5.14. The fraction of sp³-hybridized carbons (Fsp3) is 0.846. The number of amides is 2. The first-order valence-corrected chi connectivity index (χ1v) is 6.62. The van der Waals surface area contributed by atoms with Gasteiger partial charge in [0.1, 0.15) is 0 Å². The molecule has 0 saturated carbocycles. The average Bonchev–Trinajstić information content (AvgIpc) is 2.24. The molecule has 1 unspecified atom stereocenters. The van der Waals surface area contributed by atoms with Crippen LogP contribution in [0.4, 0.5) is 0 Å². The van der Waals surface area contributed by atoms with Crippen LogP contribution in [-0.2, 0) is 9.59 Å². The first-order valence-electron chi connectivity index (χ1n) is 6.62. The second-order valence-electron chi connectivity index (χ2n) is 5.87. The van der Waals surface area contributed by atoms with Gasteiger partial charge in [0.15, 0.2) is 0 Å². The summed E-state index contributed by atoms with van der Waals surface area (Å²) in [7, 11) is 0. The lowest BCUT2D eigenvalue weighted by atomic mass is 9.98. The molecule has 1 aliphatic heterocycles. The molecule has 0 aliphatic carbocycles. The normalized spacial score (nSPS) is 20.7. The summed E-state index contributed by atoms with van der Waals surface area (Å²) >= 11 is 0. The van der Waals surface area contributed by atoms with E-state index in [9.17, 15) is 9.59 Å². The molecule has 1 heterocycles. The number of carbonyl (C=O) groups is 2. The van der Waals surface area contributed by atoms with E-state index < -0.39 is 0 Å². The molecule has 1 fully saturated rings. The van der Waals surface area contributed by atoms with E-state index in [1.54, 1.807) is 0 Å². The maximum atomic E-state index is 12.0. The standard InChI is InChI=1S/C13H25N3O2/c1-10(17)15-11-5-4-8-16(9-11)12(18)6-7-13(2,3)14/h11H,4-9,14H2,1-3H3,(H,15,17). The monoisotopic (exact) mass is 255 g/mol. The molecule has 1 aliphatic rings. The zero-order valence-electron chi connectivity index (χ0n) is 11.7. The van der Waals surface area contributed by atoms with Gasteiger partial charge in [-0.3, -0.25) is 9.59 Å². The Morgan fingerprint density at radius 1 is 1.44 bits per heavy atom. The van der Waals surface area contributed by atoms with Crippen molar-refractivity contribution in [3.63, 3.8) is 0 Å². The highest BCUT2D eigenvalue weighted by molar-refractivity contribution is 5.77. The fourth-order valence-electron chi connectivity index (χ4n) is 2.20. The van der Waals surface area contributed by atoms with Crippen LogP contribution in [0.3, 0.4) is 0 Å². The Morgan fingerprint density at radius 3 is 2.67 bits per heavy atom. The number of nitrogens with two attached hydrogens (primary N) is 1. The van der Waals surface area contributed by atoms with E-state index in [1.165, 1.54) is 6.92 Å². The molecule has 104 valence electrons. The van der Waals surface area contributed by atoms with Crippen LogP contribution in [0, 0.1) is 0 Å². The molecule has 5 heteroatoms. The van der Waals surface area contributed by atoms with Crippen LogP contribution in [0.5, 0.6) is 0 Å². The minimum Gasteiger partial charge on any atom is -0.352 e. The average molecular weight is 255 g/mol. The molecule has 2 amide bonds. The molecule has 0 radical (unpaired) electrons. The summed E-state index contributed by atoms with van der Waals surface area (Å²) in [5.41, 5.74) is 5.58. The van der Waals surface area contributed by atoms with Gasteiger partial charge in [0.2, 0.25) is 11.8 Å². The zero-order chi connectivity index (χ0) is 13.8. The molecule has 18 heavy (non-hydrogen) atoms. The summed E-state index contributed by atoms with van der Waals surface area (Å²) in [6.07, 6.45) is 3.07. The predicted octanol–water partition coefficient (Wildman–Crippen LogP) is 0.631. The summed E-state index contributed by atoms with van der Waals surface area (Å²) in [5.74, 6) is 0.112. The smallest absolute Gasteiger partial charge is 0.222 e. The van der Waals surface area contributed by atoms with Crippen molar-refractivity contribution in [1.82, 2.24) is 10.2 Å². The Balaban J connectivity index is 2.41. The van der Waals surface area contributed by atoms with Gasteiger partial charge in [-0.25, -0.2) is 0 Å². The molecule has 0 spiro atoms. The molecular formula is C13H25N3O2. The molecule has 1 atom stereocenters. The van der Waals surface area contributed by atoms with Crippen LogP contribution in [0.25, 0.3) is 0 Å². The summed E-state index contributed by atoms with van der Waals surface area (Å²) in [5, 5.41) is 2.88. The number of hydrogen-bond donors (Lipinski definition) is 2. The SMILES string of the molecule is CC(=O)NC1CCCN(C(=O)CCC(C)(C)N)C1. The lowest BCUT2D eigenvalue weighted by Gasteiger charge is -2.33. The van der Waals surface area contributed by atoms with Crippen LogP contribution in [0.15, 0.2) is 0 Å². The fourth-order valence-corrected chi connectivity index (χ4v) is 2.20. The molecule has 0 aromatic rings. The van der Waals surface area contributed by atoms with Gasteiger partial charge in [-0.05, 0) is 33.1 Å². The predicted molar refractivity (Wildman–Crippen MR) is 70.9 cm³/mol. The van der Waals surface area contributed by atoms with Gasteiger partial charge in [-0.15, -0.1) is 0 Å². The summed E-state index contributed by atoms with van der Waals surface area (Å²) in [4.78, 5) is 24.9. The highest BCUT2D eigenvalue weighted by atomic mass is 16.2. The van der Waals surface area contributed by atoms with E-state index >= 15 is 0 Å². The van der Waals surface area contributed by atoms with E-state index in [2.05, 4.69) is 5.32 Å². The summed E-state index contributed by atoms with van der Waals surface area (Å²) in [6, 6.07) is 0.103. The zero-order valence-corrected chi connectivity index (χ0v) is 11.7. The first-order chi connectivity index (χ1) is 8.28. The molecule has 0 aromatic carbocycles. The number of hydrogen-bond acceptors (Lipinski definition) is 3. The van der Waals surface area contributed by atoms with E-state index in [1.807, 2.05) is 18.7 Å². The summed E-state index contributed by atoms with van der Waals surface area (Å²) in [6.45, 7) is 6.79. The van der Waals surface area contributed by atoms with Gasteiger partial charge in [0, 0.05) is 38.0 Å². The summed E-state index contributed by atoms with van der Waals surface area (Å²) < 4.78 is 0. The first kappa shape index (κ1) is 15.0. The Hall–Kier alpha value is -1.10. The minimum atomic E-state index is -0.303. The van der Waals surface area contributed by atoms with Gasteiger partial charge >= 0.3 is 0 Å². The van der Waals surface area contributed by atoms with Crippen molar-refractivity contribution in [2.75, 3.05) is 13.1 Å². The number of rotatable bonds is 4. The third-order valence-corrected chi connectivity index (χ3v) is 3.16. The van der Waals surface area contributed by atoms with Crippen LogP contribution >= 0.6 is 0 Å². The topological polar surface area (TPSA) is 75.4 Å². The van der Waals surface area contributed by atoms with Gasteiger partial charge in [-0.2, -0.15) is 0 Å². The van der Waals surface area contributed by atoms with Crippen molar-refractivity contribution in [3.8, 4) is 0 Å². The highest BCUT2D eigenvalue weighted by Gasteiger charge is 2.24. The maximum Gasteiger partial charge on any atom is 0.222 e. The van der Waals surface area contributed by atoms with Crippen LogP contribution < -0.4 is 11.1 Å². The number of carbonyl (C=O) groups excluding carboxylic acids is 2. The van der Waals surface area contributed by atoms with Crippen molar-refractivity contribution in [2.24, 2.45) is 5.73 Å². The Labute approximate surface area is 109 Å². The van der Waals surface area contributed by atoms with Crippen molar-refractivity contribution in [2.45, 2.75) is 58.0 Å². The number of piperidine rings is 1. The lowest BCUT2D eigenvalue weighted by molar-refractivity contribution is -0.133. The quantitative estimate of drug-likeness (QED) is 0.773. The Morgan fingerprint density at radius 2 is 2.11 bits per heavy atom. The Bertz CT molecular complexity index is 310. The van der Waals surface area contributed by atoms with E-state index in [4.69, 9.17) is 5.73 Å². The van der Waals surface area contributed by atoms with Gasteiger partial charge < -0.3 is 16.0 Å². The minimum absolute atomic E-state index is 0.0302. The highest BCUT2D eigenvalue weighted by Crippen LogP contribution is 2.14. The molecule has 5 nitrogen and oxygen atoms in total. The van der Waals surface area contributed by atoms with Crippen molar-refractivity contribution in [3.05, 3.63) is 0 Å². The van der Waals surface area contributed by atoms with Gasteiger partial charge in [0.05, 0.1) is 0 Å². The van der Waals surface area contributed by atoms with E-state index in [0.717, 1.165) is 19.4 Å². The van der Waals surface area contributed by atoms with Crippen molar-refractivity contribution >= 4 is 11.8 Å².